The molecule has 0 aliphatic heterocycles. The number of anilines is 1. The van der Waals surface area contributed by atoms with Crippen LogP contribution in [0.1, 0.15) is 16.5 Å². The predicted octanol–water partition coefficient (Wildman–Crippen LogP) is 4.75. The van der Waals surface area contributed by atoms with Crippen molar-refractivity contribution in [3.63, 3.8) is 0 Å². The number of thioether (sulfide) groups is 1. The Morgan fingerprint density at radius 3 is 2.46 bits per heavy atom. The number of hydrogen-bond acceptors (Lipinski definition) is 4. The maximum Gasteiger partial charge on any atom is 0.242 e. The molecule has 1 atom stereocenters. The molecule has 5 nitrogen and oxygen atoms in total. The summed E-state index contributed by atoms with van der Waals surface area (Å²) in [5.41, 5.74) is 3.32. The van der Waals surface area contributed by atoms with E-state index in [0.717, 1.165) is 27.2 Å². The van der Waals surface area contributed by atoms with Crippen LogP contribution in [0, 0.1) is 6.92 Å². The standard InChI is InChI=1S/C22H20N4OS/c1-15-19-13-17(14-23-21(19)26(2)25-15)24-22(27)20(16-9-5-3-6-10-16)28-18-11-7-4-8-12-18/h3-14,20H,1-2H3,(H,24,27). The highest BCUT2D eigenvalue weighted by Crippen LogP contribution is 2.36. The zero-order valence-corrected chi connectivity index (χ0v) is 16.5. The van der Waals surface area contributed by atoms with Crippen LogP contribution in [0.15, 0.2) is 77.8 Å². The van der Waals surface area contributed by atoms with Crippen molar-refractivity contribution in [3.05, 3.63) is 84.2 Å². The quantitative estimate of drug-likeness (QED) is 0.501. The summed E-state index contributed by atoms with van der Waals surface area (Å²) in [6.45, 7) is 1.94. The first kappa shape index (κ1) is 18.3. The summed E-state index contributed by atoms with van der Waals surface area (Å²) < 4.78 is 1.74. The third kappa shape index (κ3) is 3.77. The van der Waals surface area contributed by atoms with Crippen molar-refractivity contribution >= 4 is 34.4 Å². The minimum Gasteiger partial charge on any atom is -0.323 e. The number of aromatic nitrogens is 3. The van der Waals surface area contributed by atoms with Crippen LogP contribution in [-0.2, 0) is 11.8 Å². The Morgan fingerprint density at radius 2 is 1.75 bits per heavy atom. The topological polar surface area (TPSA) is 59.8 Å². The molecular formula is C22H20N4OS. The maximum atomic E-state index is 13.2. The van der Waals surface area contributed by atoms with E-state index in [2.05, 4.69) is 15.4 Å². The van der Waals surface area contributed by atoms with Gasteiger partial charge in [-0.1, -0.05) is 48.5 Å². The number of nitrogens with zero attached hydrogens (tertiary/aromatic N) is 3. The number of amides is 1. The van der Waals surface area contributed by atoms with E-state index in [1.54, 1.807) is 10.9 Å². The Hall–Kier alpha value is -3.12. The van der Waals surface area contributed by atoms with Gasteiger partial charge in [-0.25, -0.2) is 4.98 Å². The number of rotatable bonds is 5. The molecule has 2 aromatic heterocycles. The molecule has 0 spiro atoms. The lowest BCUT2D eigenvalue weighted by Gasteiger charge is -2.17. The predicted molar refractivity (Wildman–Crippen MR) is 113 cm³/mol. The van der Waals surface area contributed by atoms with Crippen LogP contribution in [0.5, 0.6) is 0 Å². The first-order valence-corrected chi connectivity index (χ1v) is 9.86. The van der Waals surface area contributed by atoms with Crippen molar-refractivity contribution in [2.75, 3.05) is 5.32 Å². The van der Waals surface area contributed by atoms with E-state index in [1.165, 1.54) is 11.8 Å². The molecule has 0 fully saturated rings. The van der Waals surface area contributed by atoms with Gasteiger partial charge in [-0.2, -0.15) is 5.10 Å². The summed E-state index contributed by atoms with van der Waals surface area (Å²) >= 11 is 1.53. The molecule has 28 heavy (non-hydrogen) atoms. The Balaban J connectivity index is 1.63. The highest BCUT2D eigenvalue weighted by atomic mass is 32.2. The van der Waals surface area contributed by atoms with Gasteiger partial charge in [0, 0.05) is 17.3 Å². The third-order valence-corrected chi connectivity index (χ3v) is 5.73. The van der Waals surface area contributed by atoms with Crippen LogP contribution in [0.4, 0.5) is 5.69 Å². The highest BCUT2D eigenvalue weighted by molar-refractivity contribution is 8.00. The third-order valence-electron chi connectivity index (χ3n) is 4.47. The van der Waals surface area contributed by atoms with Crippen molar-refractivity contribution in [1.29, 1.82) is 0 Å². The summed E-state index contributed by atoms with van der Waals surface area (Å²) in [5, 5.41) is 7.99. The van der Waals surface area contributed by atoms with E-state index in [4.69, 9.17) is 0 Å². The fourth-order valence-corrected chi connectivity index (χ4v) is 4.17. The number of nitrogens with one attached hydrogen (secondary N) is 1. The van der Waals surface area contributed by atoms with Gasteiger partial charge in [0.1, 0.15) is 5.25 Å². The molecule has 1 unspecified atom stereocenters. The van der Waals surface area contributed by atoms with Gasteiger partial charge in [0.05, 0.1) is 17.6 Å². The minimum atomic E-state index is -0.366. The fourth-order valence-electron chi connectivity index (χ4n) is 3.12. The van der Waals surface area contributed by atoms with Gasteiger partial charge in [0.25, 0.3) is 0 Å². The van der Waals surface area contributed by atoms with Crippen LogP contribution in [-0.4, -0.2) is 20.7 Å². The molecule has 2 heterocycles. The summed E-state index contributed by atoms with van der Waals surface area (Å²) in [6, 6.07) is 21.7. The normalized spacial score (nSPS) is 12.1. The van der Waals surface area contributed by atoms with Crippen LogP contribution in [0.3, 0.4) is 0 Å². The molecule has 2 aromatic carbocycles. The van der Waals surface area contributed by atoms with Crippen molar-refractivity contribution in [1.82, 2.24) is 14.8 Å². The van der Waals surface area contributed by atoms with Gasteiger partial charge in [-0.05, 0) is 30.7 Å². The van der Waals surface area contributed by atoms with E-state index in [0.29, 0.717) is 5.69 Å². The maximum absolute atomic E-state index is 13.2. The second-order valence-corrected chi connectivity index (χ2v) is 7.69. The van der Waals surface area contributed by atoms with Crippen molar-refractivity contribution < 1.29 is 4.79 Å². The van der Waals surface area contributed by atoms with Crippen molar-refractivity contribution in [2.45, 2.75) is 17.1 Å². The molecule has 0 saturated carbocycles. The number of carbonyl (C=O) groups is 1. The summed E-state index contributed by atoms with van der Waals surface area (Å²) in [6.07, 6.45) is 1.68. The van der Waals surface area contributed by atoms with Crippen molar-refractivity contribution in [3.8, 4) is 0 Å². The van der Waals surface area contributed by atoms with Crippen LogP contribution >= 0.6 is 11.8 Å². The first-order valence-electron chi connectivity index (χ1n) is 8.98. The van der Waals surface area contributed by atoms with E-state index < -0.39 is 0 Å². The SMILES string of the molecule is Cc1nn(C)c2ncc(NC(=O)C(Sc3ccccc3)c3ccccc3)cc12. The van der Waals surface area contributed by atoms with Crippen LogP contribution in [0.2, 0.25) is 0 Å². The smallest absolute Gasteiger partial charge is 0.242 e. The summed E-state index contributed by atoms with van der Waals surface area (Å²) in [4.78, 5) is 18.7. The Bertz CT molecular complexity index is 1110. The van der Waals surface area contributed by atoms with E-state index in [9.17, 15) is 4.79 Å². The minimum absolute atomic E-state index is 0.0808. The molecule has 1 N–H and O–H groups in total. The summed E-state index contributed by atoms with van der Waals surface area (Å²) in [5.74, 6) is -0.0808. The molecular weight excluding hydrogens is 368 g/mol. The number of fused-ring (bicyclic) bond motifs is 1. The second-order valence-electron chi connectivity index (χ2n) is 6.52. The molecule has 0 aliphatic carbocycles. The molecule has 6 heteroatoms. The van der Waals surface area contributed by atoms with E-state index >= 15 is 0 Å². The first-order chi connectivity index (χ1) is 13.6. The summed E-state index contributed by atoms with van der Waals surface area (Å²) in [7, 11) is 1.86. The molecule has 4 rings (SSSR count). The number of pyridine rings is 1. The zero-order chi connectivity index (χ0) is 19.5. The fraction of sp³-hybridized carbons (Fsp3) is 0.136. The molecule has 0 radical (unpaired) electrons. The number of hydrogen-bond donors (Lipinski definition) is 1. The van der Waals surface area contributed by atoms with Gasteiger partial charge in [0.2, 0.25) is 5.91 Å². The number of aryl methyl sites for hydroxylation is 2. The molecule has 0 bridgehead atoms. The monoisotopic (exact) mass is 388 g/mol. The Kier molecular flexibility index (Phi) is 5.12. The van der Waals surface area contributed by atoms with Gasteiger partial charge < -0.3 is 5.32 Å². The lowest BCUT2D eigenvalue weighted by Crippen LogP contribution is -2.19. The average Bonchev–Trinajstić information content (AvgIpc) is 3.01. The molecule has 0 saturated heterocycles. The lowest BCUT2D eigenvalue weighted by atomic mass is 10.1. The lowest BCUT2D eigenvalue weighted by molar-refractivity contribution is -0.115. The molecule has 4 aromatic rings. The average molecular weight is 388 g/mol. The highest BCUT2D eigenvalue weighted by Gasteiger charge is 2.22. The van der Waals surface area contributed by atoms with Gasteiger partial charge in [-0.15, -0.1) is 11.8 Å². The Morgan fingerprint density at radius 1 is 1.07 bits per heavy atom. The number of carbonyl (C=O) groups excluding carboxylic acids is 1. The van der Waals surface area contributed by atoms with Gasteiger partial charge in [-0.3, -0.25) is 9.48 Å². The Labute approximate surface area is 167 Å². The number of benzene rings is 2. The molecule has 0 aliphatic rings. The molecule has 1 amide bonds. The molecule has 140 valence electrons. The van der Waals surface area contributed by atoms with Crippen molar-refractivity contribution in [2.24, 2.45) is 7.05 Å². The van der Waals surface area contributed by atoms with Crippen LogP contribution in [0.25, 0.3) is 11.0 Å². The van der Waals surface area contributed by atoms with Gasteiger partial charge in [0.15, 0.2) is 5.65 Å². The van der Waals surface area contributed by atoms with E-state index in [-0.39, 0.29) is 11.2 Å². The zero-order valence-electron chi connectivity index (χ0n) is 15.7. The second kappa shape index (κ2) is 7.86. The van der Waals surface area contributed by atoms with Gasteiger partial charge >= 0.3 is 0 Å². The van der Waals surface area contributed by atoms with E-state index in [1.807, 2.05) is 80.7 Å². The van der Waals surface area contributed by atoms with Crippen LogP contribution < -0.4 is 5.32 Å². The largest absolute Gasteiger partial charge is 0.323 e.